The number of benzene rings is 2. The second-order valence-electron chi connectivity index (χ2n) is 7.46. The van der Waals surface area contributed by atoms with Crippen molar-refractivity contribution in [1.82, 2.24) is 5.32 Å². The summed E-state index contributed by atoms with van der Waals surface area (Å²) in [4.78, 5) is 0. The van der Waals surface area contributed by atoms with Crippen molar-refractivity contribution in [2.75, 3.05) is 6.54 Å². The molecule has 1 aliphatic rings. The molecule has 1 heterocycles. The molecule has 0 aliphatic carbocycles. The van der Waals surface area contributed by atoms with Crippen LogP contribution in [0.15, 0.2) is 60.7 Å². The van der Waals surface area contributed by atoms with Gasteiger partial charge in [0.15, 0.2) is 8.32 Å². The van der Waals surface area contributed by atoms with Gasteiger partial charge in [-0.3, -0.25) is 0 Å². The Bertz CT molecular complexity index is 615. The minimum absolute atomic E-state index is 0.323. The number of hydrogen-bond acceptors (Lipinski definition) is 2. The molecule has 1 N–H and O–H groups in total. The van der Waals surface area contributed by atoms with Crippen LogP contribution in [0.2, 0.25) is 18.1 Å². The fourth-order valence-corrected chi connectivity index (χ4v) is 7.46. The highest BCUT2D eigenvalue weighted by Crippen LogP contribution is 2.44. The van der Waals surface area contributed by atoms with Gasteiger partial charge in [-0.2, -0.15) is 0 Å². The molecule has 26 heavy (non-hydrogen) atoms. The zero-order chi connectivity index (χ0) is 18.5. The normalized spacial score (nSPS) is 18.2. The largest absolute Gasteiger partial charge is 0.402 e. The molecule has 0 radical (unpaired) electrons. The van der Waals surface area contributed by atoms with Gasteiger partial charge in [-0.25, -0.2) is 0 Å². The molecule has 1 atom stereocenters. The average Bonchev–Trinajstić information content (AvgIpc) is 3.26. The van der Waals surface area contributed by atoms with Gasteiger partial charge in [-0.1, -0.05) is 81.4 Å². The molecule has 0 bridgehead atoms. The summed E-state index contributed by atoms with van der Waals surface area (Å²) in [7, 11) is -1.83. The van der Waals surface area contributed by atoms with Crippen molar-refractivity contribution in [2.24, 2.45) is 0 Å². The van der Waals surface area contributed by atoms with Crippen LogP contribution in [-0.4, -0.2) is 20.9 Å². The van der Waals surface area contributed by atoms with Crippen molar-refractivity contribution < 1.29 is 4.43 Å². The Labute approximate surface area is 160 Å². The summed E-state index contributed by atoms with van der Waals surface area (Å²) in [5, 5.41) is 3.79. The first-order valence-electron chi connectivity index (χ1n) is 10.3. The molecule has 1 saturated heterocycles. The van der Waals surface area contributed by atoms with E-state index < -0.39 is 13.9 Å². The van der Waals surface area contributed by atoms with Crippen LogP contribution in [0.1, 0.15) is 44.7 Å². The zero-order valence-electron chi connectivity index (χ0n) is 16.5. The predicted octanol–water partition coefficient (Wildman–Crippen LogP) is 5.70. The van der Waals surface area contributed by atoms with E-state index in [0.29, 0.717) is 6.04 Å². The molecule has 0 spiro atoms. The molecular weight excluding hydrogens is 334 g/mol. The lowest BCUT2D eigenvalue weighted by molar-refractivity contribution is 0.0592. The third-order valence-electron chi connectivity index (χ3n) is 6.27. The highest BCUT2D eigenvalue weighted by Gasteiger charge is 2.49. The van der Waals surface area contributed by atoms with E-state index in [2.05, 4.69) is 86.8 Å². The standard InChI is InChI=1S/C23H33NOSi/c1-4-26(5-2,6-3)25-23(22-18-13-19-24-22,20-14-9-7-10-15-20)21-16-11-8-12-17-21/h7-12,14-17,22,24H,4-6,13,18-19H2,1-3H3/t22-/m1/s1. The molecule has 3 rings (SSSR count). The minimum atomic E-state index is -1.83. The van der Waals surface area contributed by atoms with Gasteiger partial charge in [-0.05, 0) is 48.6 Å². The average molecular weight is 368 g/mol. The van der Waals surface area contributed by atoms with Crippen molar-refractivity contribution in [3.05, 3.63) is 71.8 Å². The predicted molar refractivity (Wildman–Crippen MR) is 113 cm³/mol. The van der Waals surface area contributed by atoms with Crippen molar-refractivity contribution in [1.29, 1.82) is 0 Å². The lowest BCUT2D eigenvalue weighted by atomic mass is 9.79. The smallest absolute Gasteiger partial charge is 0.193 e. The third-order valence-corrected chi connectivity index (χ3v) is 10.9. The lowest BCUT2D eigenvalue weighted by Gasteiger charge is -2.47. The molecule has 2 nitrogen and oxygen atoms in total. The van der Waals surface area contributed by atoms with Crippen molar-refractivity contribution in [2.45, 2.75) is 63.4 Å². The van der Waals surface area contributed by atoms with E-state index in [-0.39, 0.29) is 0 Å². The molecule has 140 valence electrons. The van der Waals surface area contributed by atoms with Gasteiger partial charge in [0, 0.05) is 6.04 Å². The van der Waals surface area contributed by atoms with Crippen molar-refractivity contribution in [3.63, 3.8) is 0 Å². The Hall–Kier alpha value is -1.42. The highest BCUT2D eigenvalue weighted by atomic mass is 28.4. The van der Waals surface area contributed by atoms with Gasteiger partial charge in [0.05, 0.1) is 0 Å². The number of hydrogen-bond donors (Lipinski definition) is 1. The lowest BCUT2D eigenvalue weighted by Crippen LogP contribution is -2.55. The Morgan fingerprint density at radius 3 is 1.77 bits per heavy atom. The SMILES string of the molecule is CC[Si](CC)(CC)OC(c1ccccc1)(c1ccccc1)[C@H]1CCCN1. The van der Waals surface area contributed by atoms with Gasteiger partial charge in [0.1, 0.15) is 5.60 Å². The van der Waals surface area contributed by atoms with E-state index in [1.165, 1.54) is 17.5 Å². The maximum Gasteiger partial charge on any atom is 0.193 e. The fraction of sp³-hybridized carbons (Fsp3) is 0.478. The topological polar surface area (TPSA) is 21.3 Å². The van der Waals surface area contributed by atoms with Crippen molar-refractivity contribution >= 4 is 8.32 Å². The molecule has 2 aromatic carbocycles. The summed E-state index contributed by atoms with van der Waals surface area (Å²) in [5.41, 5.74) is 2.18. The Morgan fingerprint density at radius 1 is 0.885 bits per heavy atom. The van der Waals surface area contributed by atoms with E-state index in [1.54, 1.807) is 0 Å². The van der Waals surface area contributed by atoms with Crippen LogP contribution in [0.4, 0.5) is 0 Å². The fourth-order valence-electron chi connectivity index (χ4n) is 4.47. The highest BCUT2D eigenvalue weighted by molar-refractivity contribution is 6.73. The Morgan fingerprint density at radius 2 is 1.38 bits per heavy atom. The zero-order valence-corrected chi connectivity index (χ0v) is 17.5. The van der Waals surface area contributed by atoms with Gasteiger partial charge in [0.2, 0.25) is 0 Å². The molecule has 0 aromatic heterocycles. The summed E-state index contributed by atoms with van der Waals surface area (Å²) < 4.78 is 7.41. The van der Waals surface area contributed by atoms with Crippen LogP contribution >= 0.6 is 0 Å². The van der Waals surface area contributed by atoms with E-state index >= 15 is 0 Å². The maximum atomic E-state index is 7.41. The van der Waals surface area contributed by atoms with Crippen LogP contribution in [0, 0.1) is 0 Å². The van der Waals surface area contributed by atoms with Crippen LogP contribution in [0.25, 0.3) is 0 Å². The molecule has 0 saturated carbocycles. The molecule has 0 amide bonds. The van der Waals surface area contributed by atoms with Crippen LogP contribution in [-0.2, 0) is 10.0 Å². The molecular formula is C23H33NOSi. The molecule has 1 aliphatic heterocycles. The quantitative estimate of drug-likeness (QED) is 0.604. The number of rotatable bonds is 8. The van der Waals surface area contributed by atoms with Gasteiger partial charge in [-0.15, -0.1) is 0 Å². The summed E-state index contributed by atoms with van der Waals surface area (Å²) >= 11 is 0. The molecule has 1 fully saturated rings. The second kappa shape index (κ2) is 8.51. The van der Waals surface area contributed by atoms with Gasteiger partial charge < -0.3 is 9.74 Å². The van der Waals surface area contributed by atoms with E-state index in [1.807, 2.05) is 0 Å². The Balaban J connectivity index is 2.21. The van der Waals surface area contributed by atoms with Gasteiger partial charge >= 0.3 is 0 Å². The maximum absolute atomic E-state index is 7.41. The van der Waals surface area contributed by atoms with Gasteiger partial charge in [0.25, 0.3) is 0 Å². The van der Waals surface area contributed by atoms with E-state index in [9.17, 15) is 0 Å². The van der Waals surface area contributed by atoms with Crippen molar-refractivity contribution in [3.8, 4) is 0 Å². The summed E-state index contributed by atoms with van der Waals surface area (Å²) in [6.45, 7) is 8.04. The first kappa shape index (κ1) is 19.3. The third kappa shape index (κ3) is 3.53. The summed E-state index contributed by atoms with van der Waals surface area (Å²) in [6.07, 6.45) is 2.37. The number of nitrogens with one attached hydrogen (secondary N) is 1. The Kier molecular flexibility index (Phi) is 6.33. The minimum Gasteiger partial charge on any atom is -0.402 e. The summed E-state index contributed by atoms with van der Waals surface area (Å²) in [6, 6.07) is 25.6. The molecule has 3 heteroatoms. The monoisotopic (exact) mass is 367 g/mol. The van der Waals surface area contributed by atoms with Crippen LogP contribution < -0.4 is 5.32 Å². The van der Waals surface area contributed by atoms with E-state index in [0.717, 1.165) is 31.1 Å². The second-order valence-corrected chi connectivity index (χ2v) is 12.2. The molecule has 0 unspecified atom stereocenters. The van der Waals surface area contributed by atoms with Crippen LogP contribution in [0.5, 0.6) is 0 Å². The first-order chi connectivity index (χ1) is 12.7. The van der Waals surface area contributed by atoms with E-state index in [4.69, 9.17) is 4.43 Å². The molecule has 2 aromatic rings. The summed E-state index contributed by atoms with van der Waals surface area (Å²) in [5.74, 6) is 0. The first-order valence-corrected chi connectivity index (χ1v) is 12.8. The van der Waals surface area contributed by atoms with Crippen LogP contribution in [0.3, 0.4) is 0 Å².